The van der Waals surface area contributed by atoms with E-state index in [0.717, 1.165) is 37.9 Å². The van der Waals surface area contributed by atoms with E-state index < -0.39 is 11.6 Å². The Kier molecular flexibility index (Phi) is 3.29. The highest BCUT2D eigenvalue weighted by Gasteiger charge is 2.24. The first-order chi connectivity index (χ1) is 7.68. The molecule has 1 atom stereocenters. The van der Waals surface area contributed by atoms with Gasteiger partial charge in [-0.05, 0) is 31.5 Å². The van der Waals surface area contributed by atoms with Crippen LogP contribution in [0.5, 0.6) is 0 Å². The van der Waals surface area contributed by atoms with Crippen molar-refractivity contribution in [3.8, 4) is 0 Å². The highest BCUT2D eigenvalue weighted by molar-refractivity contribution is 6.00. The zero-order chi connectivity index (χ0) is 11.5. The number of benzene rings is 1. The molecule has 0 aromatic heterocycles. The molecule has 1 heterocycles. The average molecular weight is 225 g/mol. The van der Waals surface area contributed by atoms with Crippen molar-refractivity contribution in [2.45, 2.75) is 25.3 Å². The van der Waals surface area contributed by atoms with Gasteiger partial charge in [-0.2, -0.15) is 0 Å². The van der Waals surface area contributed by atoms with Crippen molar-refractivity contribution < 1.29 is 13.6 Å². The van der Waals surface area contributed by atoms with E-state index in [1.807, 2.05) is 0 Å². The van der Waals surface area contributed by atoms with Crippen LogP contribution in [-0.2, 0) is 0 Å². The van der Waals surface area contributed by atoms with Crippen molar-refractivity contribution >= 4 is 5.78 Å². The fraction of sp³-hybridized carbons (Fsp3) is 0.417. The Balaban J connectivity index is 2.19. The third kappa shape index (κ3) is 2.27. The van der Waals surface area contributed by atoms with Gasteiger partial charge in [-0.3, -0.25) is 4.79 Å². The summed E-state index contributed by atoms with van der Waals surface area (Å²) in [5.74, 6) is -1.72. The first-order valence-electron chi connectivity index (χ1n) is 5.41. The fourth-order valence-electron chi connectivity index (χ4n) is 1.95. The summed E-state index contributed by atoms with van der Waals surface area (Å²) < 4.78 is 26.1. The number of halogens is 2. The van der Waals surface area contributed by atoms with Crippen LogP contribution in [0.25, 0.3) is 0 Å². The maximum absolute atomic E-state index is 13.4. The molecule has 0 spiro atoms. The molecule has 1 aliphatic rings. The predicted octanol–water partition coefficient (Wildman–Crippen LogP) is 2.29. The molecule has 0 aliphatic carbocycles. The van der Waals surface area contributed by atoms with Gasteiger partial charge in [-0.25, -0.2) is 8.78 Å². The zero-order valence-electron chi connectivity index (χ0n) is 8.80. The summed E-state index contributed by atoms with van der Waals surface area (Å²) in [6, 6.07) is 2.74. The number of rotatable bonds is 2. The van der Waals surface area contributed by atoms with Crippen LogP contribution in [0.2, 0.25) is 0 Å². The number of Topliss-reactive ketones (excluding diaryl/α,β-unsaturated/α-hetero) is 1. The molecule has 4 heteroatoms. The molecule has 86 valence electrons. The third-order valence-corrected chi connectivity index (χ3v) is 2.82. The minimum Gasteiger partial charge on any atom is -0.307 e. The molecule has 16 heavy (non-hydrogen) atoms. The maximum Gasteiger partial charge on any atom is 0.182 e. The van der Waals surface area contributed by atoms with Crippen molar-refractivity contribution in [3.05, 3.63) is 35.4 Å². The molecule has 0 bridgehead atoms. The topological polar surface area (TPSA) is 29.1 Å². The van der Waals surface area contributed by atoms with Gasteiger partial charge in [0.25, 0.3) is 0 Å². The summed E-state index contributed by atoms with van der Waals surface area (Å²) >= 11 is 0. The van der Waals surface area contributed by atoms with Crippen molar-refractivity contribution in [2.75, 3.05) is 6.54 Å². The van der Waals surface area contributed by atoms with E-state index in [9.17, 15) is 13.6 Å². The summed E-state index contributed by atoms with van der Waals surface area (Å²) in [6.07, 6.45) is 2.72. The number of nitrogens with one attached hydrogen (secondary N) is 1. The van der Waals surface area contributed by atoms with Crippen LogP contribution in [0, 0.1) is 11.6 Å². The van der Waals surface area contributed by atoms with Crippen molar-refractivity contribution in [1.29, 1.82) is 0 Å². The van der Waals surface area contributed by atoms with Crippen LogP contribution in [0.4, 0.5) is 8.78 Å². The quantitative estimate of drug-likeness (QED) is 0.782. The lowest BCUT2D eigenvalue weighted by molar-refractivity contribution is 0.0923. The van der Waals surface area contributed by atoms with Crippen LogP contribution >= 0.6 is 0 Å². The summed E-state index contributed by atoms with van der Waals surface area (Å²) in [5.41, 5.74) is -0.0270. The second-order valence-corrected chi connectivity index (χ2v) is 3.99. The molecule has 1 fully saturated rings. The highest BCUT2D eigenvalue weighted by Crippen LogP contribution is 2.16. The predicted molar refractivity (Wildman–Crippen MR) is 56.3 cm³/mol. The van der Waals surface area contributed by atoms with Gasteiger partial charge in [0.05, 0.1) is 11.6 Å². The van der Waals surface area contributed by atoms with Crippen LogP contribution in [0.1, 0.15) is 29.6 Å². The van der Waals surface area contributed by atoms with Crippen LogP contribution in [0.15, 0.2) is 18.2 Å². The molecule has 0 amide bonds. The number of ketones is 1. The van der Waals surface area contributed by atoms with Crippen molar-refractivity contribution in [3.63, 3.8) is 0 Å². The SMILES string of the molecule is O=C(c1ccc(F)cc1F)C1CCCCN1. The summed E-state index contributed by atoms with van der Waals surface area (Å²) in [7, 11) is 0. The summed E-state index contributed by atoms with van der Waals surface area (Å²) in [6.45, 7) is 0.777. The highest BCUT2D eigenvalue weighted by atomic mass is 19.1. The van der Waals surface area contributed by atoms with E-state index in [1.54, 1.807) is 0 Å². The number of hydrogen-bond acceptors (Lipinski definition) is 2. The molecule has 1 aromatic carbocycles. The van der Waals surface area contributed by atoms with Crippen LogP contribution in [-0.4, -0.2) is 18.4 Å². The molecule has 2 nitrogen and oxygen atoms in total. The largest absolute Gasteiger partial charge is 0.307 e. The Morgan fingerprint density at radius 3 is 2.75 bits per heavy atom. The standard InChI is InChI=1S/C12H13F2NO/c13-8-4-5-9(10(14)7-8)12(16)11-3-1-2-6-15-11/h4-5,7,11,15H,1-3,6H2. The monoisotopic (exact) mass is 225 g/mol. The van der Waals surface area contributed by atoms with Gasteiger partial charge >= 0.3 is 0 Å². The van der Waals surface area contributed by atoms with E-state index >= 15 is 0 Å². The molecule has 1 saturated heterocycles. The Morgan fingerprint density at radius 2 is 2.12 bits per heavy atom. The Labute approximate surface area is 92.7 Å². The molecule has 1 N–H and O–H groups in total. The molecule has 0 saturated carbocycles. The second-order valence-electron chi connectivity index (χ2n) is 3.99. The van der Waals surface area contributed by atoms with Gasteiger partial charge in [0.1, 0.15) is 11.6 Å². The second kappa shape index (κ2) is 4.70. The molecule has 2 rings (SSSR count). The molecular weight excluding hydrogens is 212 g/mol. The first kappa shape index (κ1) is 11.2. The number of piperidine rings is 1. The fourth-order valence-corrected chi connectivity index (χ4v) is 1.95. The zero-order valence-corrected chi connectivity index (χ0v) is 8.80. The summed E-state index contributed by atoms with van der Waals surface area (Å²) in [4.78, 5) is 11.9. The minimum atomic E-state index is -0.780. The third-order valence-electron chi connectivity index (χ3n) is 2.82. The molecule has 0 radical (unpaired) electrons. The smallest absolute Gasteiger partial charge is 0.182 e. The number of carbonyl (C=O) groups is 1. The van der Waals surface area contributed by atoms with Crippen LogP contribution in [0.3, 0.4) is 0 Å². The van der Waals surface area contributed by atoms with Gasteiger partial charge in [-0.15, -0.1) is 0 Å². The Hall–Kier alpha value is -1.29. The lowest BCUT2D eigenvalue weighted by atomic mass is 9.96. The summed E-state index contributed by atoms with van der Waals surface area (Å²) in [5, 5.41) is 3.05. The minimum absolute atomic E-state index is 0.0270. The van der Waals surface area contributed by atoms with E-state index in [1.165, 1.54) is 6.07 Å². The Bertz CT molecular complexity index is 400. The first-order valence-corrected chi connectivity index (χ1v) is 5.41. The van der Waals surface area contributed by atoms with Gasteiger partial charge in [-0.1, -0.05) is 6.42 Å². The molecule has 1 aliphatic heterocycles. The van der Waals surface area contributed by atoms with Crippen LogP contribution < -0.4 is 5.32 Å². The molecular formula is C12H13F2NO. The van der Waals surface area contributed by atoms with Gasteiger partial charge in [0.2, 0.25) is 0 Å². The Morgan fingerprint density at radius 1 is 1.31 bits per heavy atom. The van der Waals surface area contributed by atoms with Gasteiger partial charge in [0.15, 0.2) is 5.78 Å². The maximum atomic E-state index is 13.4. The lowest BCUT2D eigenvalue weighted by Crippen LogP contribution is -2.40. The van der Waals surface area contributed by atoms with E-state index in [4.69, 9.17) is 0 Å². The molecule has 1 aromatic rings. The molecule has 1 unspecified atom stereocenters. The van der Waals surface area contributed by atoms with Crippen molar-refractivity contribution in [1.82, 2.24) is 5.32 Å². The number of carbonyl (C=O) groups excluding carboxylic acids is 1. The van der Waals surface area contributed by atoms with Gasteiger partial charge < -0.3 is 5.32 Å². The number of hydrogen-bond donors (Lipinski definition) is 1. The van der Waals surface area contributed by atoms with E-state index in [-0.39, 0.29) is 17.4 Å². The van der Waals surface area contributed by atoms with E-state index in [0.29, 0.717) is 0 Å². The van der Waals surface area contributed by atoms with E-state index in [2.05, 4.69) is 5.32 Å². The lowest BCUT2D eigenvalue weighted by Gasteiger charge is -2.22. The van der Waals surface area contributed by atoms with Gasteiger partial charge in [0, 0.05) is 6.07 Å². The average Bonchev–Trinajstić information content (AvgIpc) is 2.29. The van der Waals surface area contributed by atoms with Crippen molar-refractivity contribution in [2.24, 2.45) is 0 Å². The normalized spacial score (nSPS) is 20.8.